The smallest absolute Gasteiger partial charge is 0.396 e. The molecule has 0 fully saturated rings. The lowest BCUT2D eigenvalue weighted by Gasteiger charge is -2.01. The Hall–Kier alpha value is -1.84. The van der Waals surface area contributed by atoms with Crippen LogP contribution in [0.5, 0.6) is 0 Å². The number of para-hydroxylation sites is 1. The number of anilines is 1. The monoisotopic (exact) mass is 179 g/mol. The summed E-state index contributed by atoms with van der Waals surface area (Å²) in [5.41, 5.74) is 0.568. The lowest BCUT2D eigenvalue weighted by atomic mass is 10.3. The van der Waals surface area contributed by atoms with Gasteiger partial charge in [-0.15, -0.1) is 0 Å². The number of carbonyl (C=O) groups excluding carboxylic acids is 2. The van der Waals surface area contributed by atoms with Gasteiger partial charge in [0.2, 0.25) is 0 Å². The van der Waals surface area contributed by atoms with Gasteiger partial charge in [-0.3, -0.25) is 4.79 Å². The number of ether oxygens (including phenoxy) is 1. The Morgan fingerprint density at radius 1 is 1.23 bits per heavy atom. The van der Waals surface area contributed by atoms with Crippen LogP contribution in [0.3, 0.4) is 0 Å². The molecule has 0 heterocycles. The Bertz CT molecular complexity index is 308. The van der Waals surface area contributed by atoms with E-state index in [1.165, 1.54) is 0 Å². The third kappa shape index (κ3) is 2.59. The van der Waals surface area contributed by atoms with Crippen molar-refractivity contribution < 1.29 is 14.3 Å². The molecule has 0 radical (unpaired) electrons. The summed E-state index contributed by atoms with van der Waals surface area (Å²) in [6.45, 7) is 0. The number of hydrogen-bond acceptors (Lipinski definition) is 3. The number of benzene rings is 1. The summed E-state index contributed by atoms with van der Waals surface area (Å²) >= 11 is 0. The molecule has 1 aromatic rings. The molecule has 1 N–H and O–H groups in total. The van der Waals surface area contributed by atoms with Crippen LogP contribution >= 0.6 is 0 Å². The van der Waals surface area contributed by atoms with Crippen molar-refractivity contribution in [3.05, 3.63) is 30.3 Å². The van der Waals surface area contributed by atoms with Crippen LogP contribution in [-0.4, -0.2) is 19.0 Å². The molecule has 0 bridgehead atoms. The number of hydrogen-bond donors (Lipinski definition) is 1. The summed E-state index contributed by atoms with van der Waals surface area (Å²) in [4.78, 5) is 21.6. The Balaban J connectivity index is 2.60. The molecule has 0 aliphatic carbocycles. The van der Waals surface area contributed by atoms with Gasteiger partial charge in [-0.2, -0.15) is 0 Å². The first kappa shape index (κ1) is 9.25. The van der Waals surface area contributed by atoms with Crippen LogP contribution < -0.4 is 5.32 Å². The van der Waals surface area contributed by atoms with E-state index in [0.29, 0.717) is 5.69 Å². The first-order chi connectivity index (χ1) is 6.24. The molecule has 4 heteroatoms. The molecule has 0 aliphatic rings. The summed E-state index contributed by atoms with van der Waals surface area (Å²) in [6, 6.07) is 8.69. The highest BCUT2D eigenvalue weighted by Crippen LogP contribution is 2.04. The molecule has 0 unspecified atom stereocenters. The van der Waals surface area contributed by atoms with Crippen LogP contribution in [0.4, 0.5) is 5.69 Å². The molecule has 13 heavy (non-hydrogen) atoms. The first-order valence-corrected chi connectivity index (χ1v) is 3.68. The van der Waals surface area contributed by atoms with Crippen molar-refractivity contribution in [2.75, 3.05) is 12.4 Å². The van der Waals surface area contributed by atoms with Gasteiger partial charge >= 0.3 is 11.9 Å². The van der Waals surface area contributed by atoms with E-state index >= 15 is 0 Å². The van der Waals surface area contributed by atoms with E-state index in [1.807, 2.05) is 6.07 Å². The maximum atomic E-state index is 11.0. The molecule has 0 aromatic heterocycles. The van der Waals surface area contributed by atoms with Gasteiger partial charge in [0.1, 0.15) is 0 Å². The van der Waals surface area contributed by atoms with Gasteiger partial charge in [0.15, 0.2) is 0 Å². The van der Waals surface area contributed by atoms with E-state index in [4.69, 9.17) is 0 Å². The van der Waals surface area contributed by atoms with Crippen LogP contribution in [0.1, 0.15) is 0 Å². The van der Waals surface area contributed by atoms with E-state index in [9.17, 15) is 9.59 Å². The van der Waals surface area contributed by atoms with E-state index in [0.717, 1.165) is 7.11 Å². The third-order valence-electron chi connectivity index (χ3n) is 1.40. The molecule has 68 valence electrons. The van der Waals surface area contributed by atoms with Crippen LogP contribution in [0.15, 0.2) is 30.3 Å². The maximum absolute atomic E-state index is 11.0. The molecule has 0 saturated heterocycles. The van der Waals surface area contributed by atoms with Crippen molar-refractivity contribution in [1.82, 2.24) is 0 Å². The molecule has 0 saturated carbocycles. The number of carbonyl (C=O) groups is 2. The second-order valence-corrected chi connectivity index (χ2v) is 2.31. The van der Waals surface area contributed by atoms with E-state index in [1.54, 1.807) is 24.3 Å². The van der Waals surface area contributed by atoms with Crippen molar-refractivity contribution in [2.24, 2.45) is 0 Å². The predicted octanol–water partition coefficient (Wildman–Crippen LogP) is 0.798. The van der Waals surface area contributed by atoms with Gasteiger partial charge in [0.25, 0.3) is 0 Å². The highest BCUT2D eigenvalue weighted by molar-refractivity contribution is 6.37. The summed E-state index contributed by atoms with van der Waals surface area (Å²) in [5, 5.41) is 2.38. The standard InChI is InChI=1S/C9H9NO3/c1-13-9(12)8(11)10-7-5-3-2-4-6-7/h2-6H,1H3,(H,10,11). The van der Waals surface area contributed by atoms with Crippen LogP contribution in [0, 0.1) is 0 Å². The van der Waals surface area contributed by atoms with E-state index < -0.39 is 11.9 Å². The fourth-order valence-electron chi connectivity index (χ4n) is 0.796. The Labute approximate surface area is 75.5 Å². The van der Waals surface area contributed by atoms with Crippen LogP contribution in [0.2, 0.25) is 0 Å². The van der Waals surface area contributed by atoms with E-state index in [2.05, 4.69) is 10.1 Å². The lowest BCUT2D eigenvalue weighted by molar-refractivity contribution is -0.150. The summed E-state index contributed by atoms with van der Waals surface area (Å²) in [6.07, 6.45) is 0. The zero-order valence-electron chi connectivity index (χ0n) is 7.11. The average Bonchev–Trinajstić information content (AvgIpc) is 2.18. The molecule has 1 aromatic carbocycles. The molecule has 0 spiro atoms. The van der Waals surface area contributed by atoms with Crippen molar-refractivity contribution in [3.63, 3.8) is 0 Å². The minimum absolute atomic E-state index is 0.568. The SMILES string of the molecule is COC(=O)C(=O)Nc1ccccc1. The minimum Gasteiger partial charge on any atom is -0.462 e. The Morgan fingerprint density at radius 2 is 1.85 bits per heavy atom. The fourth-order valence-corrected chi connectivity index (χ4v) is 0.796. The number of nitrogens with one attached hydrogen (secondary N) is 1. The number of rotatable bonds is 1. The molecule has 0 aliphatic heterocycles. The molecule has 4 nitrogen and oxygen atoms in total. The van der Waals surface area contributed by atoms with Gasteiger partial charge in [-0.25, -0.2) is 4.79 Å². The maximum Gasteiger partial charge on any atom is 0.396 e. The van der Waals surface area contributed by atoms with Crippen molar-refractivity contribution in [3.8, 4) is 0 Å². The van der Waals surface area contributed by atoms with Crippen LogP contribution in [-0.2, 0) is 14.3 Å². The Kier molecular flexibility index (Phi) is 3.03. The Morgan fingerprint density at radius 3 is 2.38 bits per heavy atom. The van der Waals surface area contributed by atoms with Crippen molar-refractivity contribution in [1.29, 1.82) is 0 Å². The first-order valence-electron chi connectivity index (χ1n) is 3.68. The van der Waals surface area contributed by atoms with Gasteiger partial charge in [0, 0.05) is 5.69 Å². The summed E-state index contributed by atoms with van der Waals surface area (Å²) in [5.74, 6) is -1.67. The number of methoxy groups -OCH3 is 1. The fraction of sp³-hybridized carbons (Fsp3) is 0.111. The second-order valence-electron chi connectivity index (χ2n) is 2.31. The normalized spacial score (nSPS) is 9.00. The molecular weight excluding hydrogens is 170 g/mol. The number of esters is 1. The highest BCUT2D eigenvalue weighted by Gasteiger charge is 2.12. The van der Waals surface area contributed by atoms with E-state index in [-0.39, 0.29) is 0 Å². The lowest BCUT2D eigenvalue weighted by Crippen LogP contribution is -2.23. The van der Waals surface area contributed by atoms with Crippen molar-refractivity contribution >= 4 is 17.6 Å². The third-order valence-corrected chi connectivity index (χ3v) is 1.40. The quantitative estimate of drug-likeness (QED) is 0.512. The number of amides is 1. The van der Waals surface area contributed by atoms with Gasteiger partial charge in [0.05, 0.1) is 7.11 Å². The summed E-state index contributed by atoms with van der Waals surface area (Å²) in [7, 11) is 1.16. The molecule has 1 amide bonds. The zero-order valence-corrected chi connectivity index (χ0v) is 7.11. The van der Waals surface area contributed by atoms with Crippen molar-refractivity contribution in [2.45, 2.75) is 0 Å². The predicted molar refractivity (Wildman–Crippen MR) is 47.1 cm³/mol. The largest absolute Gasteiger partial charge is 0.462 e. The van der Waals surface area contributed by atoms with Gasteiger partial charge < -0.3 is 10.1 Å². The topological polar surface area (TPSA) is 55.4 Å². The van der Waals surface area contributed by atoms with Gasteiger partial charge in [-0.1, -0.05) is 18.2 Å². The molecule has 1 rings (SSSR count). The molecule has 0 atom stereocenters. The highest BCUT2D eigenvalue weighted by atomic mass is 16.5. The molecular formula is C9H9NO3. The average molecular weight is 179 g/mol. The van der Waals surface area contributed by atoms with Gasteiger partial charge in [-0.05, 0) is 12.1 Å². The summed E-state index contributed by atoms with van der Waals surface area (Å²) < 4.78 is 4.23. The minimum atomic E-state index is -0.899. The second kappa shape index (κ2) is 4.25. The van der Waals surface area contributed by atoms with Crippen LogP contribution in [0.25, 0.3) is 0 Å². The zero-order chi connectivity index (χ0) is 9.68.